The van der Waals surface area contributed by atoms with Crippen LogP contribution in [0, 0.1) is 17.0 Å². The van der Waals surface area contributed by atoms with Crippen LogP contribution in [-0.2, 0) is 46.1 Å². The number of Topliss-reactive ketones (excluding diaryl/α,β-unsaturated/α-hetero) is 2. The summed E-state index contributed by atoms with van der Waals surface area (Å²) in [5, 5.41) is 0.488. The predicted molar refractivity (Wildman–Crippen MR) is 198 cm³/mol. The number of ketones is 2. The molecule has 0 amide bonds. The summed E-state index contributed by atoms with van der Waals surface area (Å²) in [5.74, 6) is -0.818. The first kappa shape index (κ1) is 40.9. The molecule has 16 heteroatoms. The van der Waals surface area contributed by atoms with Gasteiger partial charge in [-0.25, -0.2) is 17.2 Å². The van der Waals surface area contributed by atoms with Gasteiger partial charge < -0.3 is 23.3 Å². The van der Waals surface area contributed by atoms with E-state index in [1.807, 2.05) is 0 Å². The molecule has 4 aromatic rings. The minimum Gasteiger partial charge on any atom is -0.493 e. The molecule has 1 fully saturated rings. The smallest absolute Gasteiger partial charge is 0.345 e. The lowest BCUT2D eigenvalue weighted by molar-refractivity contribution is -0.133. The molecular formula is C38H43F2N2O10PS. The summed E-state index contributed by atoms with van der Waals surface area (Å²) in [5.41, 5.74) is 0.357. The van der Waals surface area contributed by atoms with Gasteiger partial charge in [0.1, 0.15) is 17.9 Å². The van der Waals surface area contributed by atoms with E-state index in [4.69, 9.17) is 23.3 Å². The van der Waals surface area contributed by atoms with E-state index in [-0.39, 0.29) is 68.7 Å². The van der Waals surface area contributed by atoms with Crippen LogP contribution in [0.15, 0.2) is 66.9 Å². The lowest BCUT2D eigenvalue weighted by Crippen LogP contribution is -2.33. The Morgan fingerprint density at radius 3 is 2.11 bits per heavy atom. The summed E-state index contributed by atoms with van der Waals surface area (Å²) >= 11 is 0. The van der Waals surface area contributed by atoms with Crippen molar-refractivity contribution in [1.29, 1.82) is 0 Å². The third-order valence-corrected chi connectivity index (χ3v) is 12.4. The molecule has 0 unspecified atom stereocenters. The number of benzene rings is 3. The van der Waals surface area contributed by atoms with E-state index in [1.165, 1.54) is 49.7 Å². The fourth-order valence-corrected chi connectivity index (χ4v) is 9.24. The van der Waals surface area contributed by atoms with E-state index in [9.17, 15) is 27.0 Å². The number of nitrogens with zero attached hydrogens (tertiary/aromatic N) is 2. The Balaban J connectivity index is 1.23. The molecule has 0 aliphatic heterocycles. The number of carbonyl (C=O) groups excluding carboxylic acids is 2. The second kappa shape index (κ2) is 17.5. The van der Waals surface area contributed by atoms with Crippen molar-refractivity contribution < 1.29 is 54.6 Å². The van der Waals surface area contributed by atoms with Gasteiger partial charge in [-0.05, 0) is 80.6 Å². The summed E-state index contributed by atoms with van der Waals surface area (Å²) in [6, 6.07) is 14.6. The van der Waals surface area contributed by atoms with E-state index in [2.05, 4.69) is 4.98 Å². The number of halogens is 2. The number of rotatable bonds is 21. The highest BCUT2D eigenvalue weighted by Crippen LogP contribution is 2.50. The molecule has 54 heavy (non-hydrogen) atoms. The molecule has 0 spiro atoms. The van der Waals surface area contributed by atoms with Gasteiger partial charge in [-0.2, -0.15) is 4.31 Å². The highest BCUT2D eigenvalue weighted by atomic mass is 32.2. The summed E-state index contributed by atoms with van der Waals surface area (Å²) < 4.78 is 95.6. The maximum Gasteiger partial charge on any atom is 0.345 e. The molecule has 3 aromatic carbocycles. The number of ether oxygens (including phenoxy) is 3. The first-order chi connectivity index (χ1) is 25.7. The van der Waals surface area contributed by atoms with E-state index in [0.29, 0.717) is 46.4 Å². The molecule has 1 saturated carbocycles. The van der Waals surface area contributed by atoms with Crippen LogP contribution in [0.25, 0.3) is 10.9 Å². The predicted octanol–water partition coefficient (Wildman–Crippen LogP) is 7.27. The average molecular weight is 789 g/mol. The highest BCUT2D eigenvalue weighted by Gasteiger charge is 2.54. The van der Waals surface area contributed by atoms with Crippen molar-refractivity contribution in [2.45, 2.75) is 46.0 Å². The molecule has 12 nitrogen and oxygen atoms in total. The molecule has 0 saturated heterocycles. The van der Waals surface area contributed by atoms with Crippen LogP contribution in [0.3, 0.4) is 0 Å². The van der Waals surface area contributed by atoms with Crippen molar-refractivity contribution in [2.75, 3.05) is 46.0 Å². The second-order valence-corrected chi connectivity index (χ2v) is 16.8. The van der Waals surface area contributed by atoms with Crippen molar-refractivity contribution in [3.63, 3.8) is 0 Å². The summed E-state index contributed by atoms with van der Waals surface area (Å²) in [7, 11) is -5.97. The number of fused-ring (bicyclic) bond motifs is 1. The fraction of sp³-hybridized carbons (Fsp3) is 0.395. The van der Waals surface area contributed by atoms with Gasteiger partial charge in [0.05, 0.1) is 44.1 Å². The van der Waals surface area contributed by atoms with Gasteiger partial charge in [-0.3, -0.25) is 19.1 Å². The summed E-state index contributed by atoms with van der Waals surface area (Å²) in [6.45, 7) is 3.53. The molecule has 1 aliphatic rings. The molecule has 5 rings (SSSR count). The molecule has 0 atom stereocenters. The van der Waals surface area contributed by atoms with Gasteiger partial charge >= 0.3 is 7.60 Å². The zero-order valence-electron chi connectivity index (χ0n) is 30.5. The normalized spacial score (nSPS) is 13.9. The Bertz CT molecular complexity index is 2140. The van der Waals surface area contributed by atoms with Crippen molar-refractivity contribution >= 4 is 40.1 Å². The maximum absolute atomic E-state index is 15.4. The van der Waals surface area contributed by atoms with Gasteiger partial charge in [0.15, 0.2) is 34.6 Å². The average Bonchev–Trinajstić information content (AvgIpc) is 3.94. The monoisotopic (exact) mass is 788 g/mol. The topological polar surface area (TPSA) is 148 Å². The number of methoxy groups -OCH3 is 1. The Morgan fingerprint density at radius 1 is 0.870 bits per heavy atom. The Labute approximate surface area is 313 Å². The number of hydrogen-bond donors (Lipinski definition) is 0. The van der Waals surface area contributed by atoms with Crippen LogP contribution in [0.5, 0.6) is 23.0 Å². The number of pyridine rings is 1. The van der Waals surface area contributed by atoms with Crippen LogP contribution < -0.4 is 14.2 Å². The van der Waals surface area contributed by atoms with Crippen LogP contribution in [0.1, 0.15) is 44.2 Å². The van der Waals surface area contributed by atoms with Crippen molar-refractivity contribution in [2.24, 2.45) is 5.41 Å². The third-order valence-electron chi connectivity index (χ3n) is 8.92. The molecule has 0 radical (unpaired) electrons. The minimum atomic E-state index is -3.75. The number of hydrogen-bond acceptors (Lipinski definition) is 11. The van der Waals surface area contributed by atoms with E-state index >= 15 is 4.39 Å². The van der Waals surface area contributed by atoms with Crippen molar-refractivity contribution in [1.82, 2.24) is 9.29 Å². The number of carbonyl (C=O) groups is 2. The molecule has 1 heterocycles. The molecular weight excluding hydrogens is 745 g/mol. The third kappa shape index (κ3) is 10.1. The zero-order valence-corrected chi connectivity index (χ0v) is 32.2. The lowest BCUT2D eigenvalue weighted by Gasteiger charge is -2.25. The van der Waals surface area contributed by atoms with Crippen LogP contribution in [0.4, 0.5) is 8.78 Å². The Kier molecular flexibility index (Phi) is 13.2. The van der Waals surface area contributed by atoms with E-state index in [1.54, 1.807) is 38.1 Å². The van der Waals surface area contributed by atoms with E-state index < -0.39 is 41.0 Å². The van der Waals surface area contributed by atoms with E-state index in [0.717, 1.165) is 10.6 Å². The van der Waals surface area contributed by atoms with Crippen LogP contribution in [0.2, 0.25) is 0 Å². The molecule has 0 bridgehead atoms. The Morgan fingerprint density at radius 2 is 1.52 bits per heavy atom. The van der Waals surface area contributed by atoms with Crippen LogP contribution >= 0.6 is 7.60 Å². The lowest BCUT2D eigenvalue weighted by atomic mass is 9.88. The van der Waals surface area contributed by atoms with Gasteiger partial charge in [-0.15, -0.1) is 0 Å². The van der Waals surface area contributed by atoms with Crippen molar-refractivity contribution in [3.05, 3.63) is 89.6 Å². The van der Waals surface area contributed by atoms with Gasteiger partial charge in [0.2, 0.25) is 10.0 Å². The SMILES string of the molecule is CCOP(=O)(CN(CCCOc1cc2nccc(Oc3ccc(CC(=O)C4(C(=O)Cc5ccc(F)cc5)CC4)cc3F)c2cc1OC)S(C)(=O)=O)OCC. The largest absolute Gasteiger partial charge is 0.493 e. The molecule has 290 valence electrons. The zero-order chi connectivity index (χ0) is 39.1. The van der Waals surface area contributed by atoms with Crippen LogP contribution in [-0.4, -0.2) is 75.3 Å². The Hall–Kier alpha value is -4.27. The molecule has 0 N–H and O–H groups in total. The minimum absolute atomic E-state index is 0.00979. The second-order valence-electron chi connectivity index (χ2n) is 12.8. The van der Waals surface area contributed by atoms with Crippen molar-refractivity contribution in [3.8, 4) is 23.0 Å². The quantitative estimate of drug-likeness (QED) is 0.0477. The number of aromatic nitrogens is 1. The molecule has 1 aliphatic carbocycles. The fourth-order valence-electron chi connectivity index (χ4n) is 5.96. The molecule has 1 aromatic heterocycles. The maximum atomic E-state index is 15.4. The summed E-state index contributed by atoms with van der Waals surface area (Å²) in [6.07, 6.45) is 3.05. The van der Waals surface area contributed by atoms with Gasteiger partial charge in [0.25, 0.3) is 0 Å². The number of sulfonamides is 1. The first-order valence-electron chi connectivity index (χ1n) is 17.4. The standard InChI is InChI=1S/C38H43F2N2O10PS/c1-5-50-53(45,51-6-2)25-42(54(4,46)47)18-7-19-49-35-24-31-29(23-34(35)48-3)32(14-17-41-31)52-33-13-10-27(20-30(33)40)22-37(44)38(15-16-38)36(43)21-26-8-11-28(39)12-9-26/h8-14,17,20,23-24H,5-7,15-16,18-19,21-22,25H2,1-4H3. The highest BCUT2D eigenvalue weighted by molar-refractivity contribution is 7.88. The van der Waals surface area contributed by atoms with Gasteiger partial charge in [-0.1, -0.05) is 18.2 Å². The summed E-state index contributed by atoms with van der Waals surface area (Å²) in [4.78, 5) is 30.7. The first-order valence-corrected chi connectivity index (χ1v) is 21.0. The van der Waals surface area contributed by atoms with Gasteiger partial charge in [0, 0.05) is 37.0 Å².